The van der Waals surface area contributed by atoms with Crippen molar-refractivity contribution >= 4 is 49.2 Å². The van der Waals surface area contributed by atoms with Gasteiger partial charge in [-0.3, -0.25) is 0 Å². The number of aromatic nitrogens is 5. The van der Waals surface area contributed by atoms with Crippen LogP contribution in [0.5, 0.6) is 0 Å². The van der Waals surface area contributed by atoms with Crippen molar-refractivity contribution in [3.05, 3.63) is 207 Å². The molecule has 0 N–H and O–H groups in total. The van der Waals surface area contributed by atoms with Crippen LogP contribution in [0.2, 0.25) is 0 Å². The van der Waals surface area contributed by atoms with E-state index in [1.807, 2.05) is 36.4 Å². The quantitative estimate of drug-likeness (QED) is 0.147. The molecule has 0 fully saturated rings. The minimum atomic E-state index is 0.547. The van der Waals surface area contributed by atoms with Gasteiger partial charge in [-0.15, -0.1) is 0 Å². The van der Waals surface area contributed by atoms with Crippen LogP contribution in [0.4, 0.5) is 0 Å². The molecule has 0 aliphatic rings. The number of hydrogen-bond acceptors (Lipinski definition) is 3. The second-order valence-corrected chi connectivity index (χ2v) is 13.8. The number of para-hydroxylation sites is 3. The van der Waals surface area contributed by atoms with E-state index in [1.54, 1.807) is 12.2 Å². The summed E-state index contributed by atoms with van der Waals surface area (Å²) < 4.78 is 4.71. The van der Waals surface area contributed by atoms with E-state index in [-0.39, 0.29) is 0 Å². The highest BCUT2D eigenvalue weighted by Crippen LogP contribution is 2.38. The molecule has 0 saturated carbocycles. The molecule has 0 unspecified atom stereocenters. The Kier molecular flexibility index (Phi) is 8.04. The Morgan fingerprint density at radius 2 is 0.911 bits per heavy atom. The minimum Gasteiger partial charge on any atom is -0.309 e. The van der Waals surface area contributed by atoms with Gasteiger partial charge in [-0.05, 0) is 77.9 Å². The van der Waals surface area contributed by atoms with Crippen molar-refractivity contribution in [1.82, 2.24) is 24.1 Å². The Bertz CT molecular complexity index is 3150. The summed E-state index contributed by atoms with van der Waals surface area (Å²) in [6.45, 7) is 7.86. The number of allylic oxidation sites excluding steroid dienone is 4. The van der Waals surface area contributed by atoms with Crippen LogP contribution in [0.1, 0.15) is 5.82 Å². The number of fused-ring (bicyclic) bond motifs is 6. The summed E-state index contributed by atoms with van der Waals surface area (Å²) in [4.78, 5) is 14.6. The highest BCUT2D eigenvalue weighted by atomic mass is 15.0. The Labute approximate surface area is 324 Å². The maximum atomic E-state index is 4.93. The molecule has 7 aromatic carbocycles. The molecule has 5 heteroatoms. The monoisotopic (exact) mass is 717 g/mol. The van der Waals surface area contributed by atoms with E-state index in [4.69, 9.17) is 15.0 Å². The molecule has 56 heavy (non-hydrogen) atoms. The first-order chi connectivity index (χ1) is 27.7. The molecule has 0 amide bonds. The van der Waals surface area contributed by atoms with Crippen molar-refractivity contribution < 1.29 is 0 Å². The third kappa shape index (κ3) is 5.53. The van der Waals surface area contributed by atoms with Gasteiger partial charge in [0.15, 0.2) is 17.5 Å². The zero-order chi connectivity index (χ0) is 37.6. The van der Waals surface area contributed by atoms with Gasteiger partial charge in [0.25, 0.3) is 0 Å². The smallest absolute Gasteiger partial charge is 0.164 e. The molecule has 0 aliphatic heterocycles. The molecule has 3 heterocycles. The fourth-order valence-corrected chi connectivity index (χ4v) is 7.91. The van der Waals surface area contributed by atoms with E-state index >= 15 is 0 Å². The Morgan fingerprint density at radius 3 is 1.59 bits per heavy atom. The number of nitrogens with zero attached hydrogens (tertiary/aromatic N) is 5. The van der Waals surface area contributed by atoms with Gasteiger partial charge in [-0.1, -0.05) is 135 Å². The molecule has 3 aromatic heterocycles. The summed E-state index contributed by atoms with van der Waals surface area (Å²) >= 11 is 0. The lowest BCUT2D eigenvalue weighted by molar-refractivity contribution is 1.04. The lowest BCUT2D eigenvalue weighted by atomic mass is 10.0. The SMILES string of the molecule is C=C/C=C(\C=C)c1nc(-c2ccccc2)nc(-c2ccc(-n3c4ccccc4c4ccc(-c5ccc6c(c5)c5ccccc5n6-c5ccccc5)cc43)cc2)n1. The molecule has 0 aliphatic carbocycles. The average molecular weight is 718 g/mol. The highest BCUT2D eigenvalue weighted by Gasteiger charge is 2.17. The summed E-state index contributed by atoms with van der Waals surface area (Å²) in [7, 11) is 0. The number of benzene rings is 7. The second kappa shape index (κ2) is 13.7. The standard InChI is InChI=1S/C51H35N5/c1-3-15-34(4-2)49-52-50(35-16-7-5-8-17-35)54-51(53-49)36-24-28-40(29-25-36)56-45-22-13-11-20-41(45)43-30-26-38(33-48(43)56)37-27-31-47-44(32-37)42-21-12-14-23-46(42)55(47)39-18-9-6-10-19-39/h3-33H,1-2H2/b34-15+. The molecule has 264 valence electrons. The lowest BCUT2D eigenvalue weighted by Crippen LogP contribution is -2.02. The van der Waals surface area contributed by atoms with Gasteiger partial charge in [0, 0.05) is 49.6 Å². The Balaban J connectivity index is 1.10. The van der Waals surface area contributed by atoms with Crippen LogP contribution in [0, 0.1) is 0 Å². The summed E-state index contributed by atoms with van der Waals surface area (Å²) in [5, 5.41) is 4.88. The molecular formula is C51H35N5. The van der Waals surface area contributed by atoms with Gasteiger partial charge in [0.1, 0.15) is 0 Å². The fourth-order valence-electron chi connectivity index (χ4n) is 7.91. The molecule has 10 aromatic rings. The van der Waals surface area contributed by atoms with Crippen molar-refractivity contribution in [3.63, 3.8) is 0 Å². The Morgan fingerprint density at radius 1 is 0.411 bits per heavy atom. The molecule has 0 atom stereocenters. The van der Waals surface area contributed by atoms with Crippen LogP contribution in [-0.2, 0) is 0 Å². The van der Waals surface area contributed by atoms with Crippen molar-refractivity contribution in [1.29, 1.82) is 0 Å². The maximum absolute atomic E-state index is 4.93. The molecule has 0 bridgehead atoms. The summed E-state index contributed by atoms with van der Waals surface area (Å²) in [6.07, 6.45) is 5.33. The normalized spacial score (nSPS) is 11.8. The van der Waals surface area contributed by atoms with E-state index in [0.717, 1.165) is 44.7 Å². The van der Waals surface area contributed by atoms with Crippen LogP contribution in [0.25, 0.3) is 94.5 Å². The van der Waals surface area contributed by atoms with E-state index in [2.05, 4.69) is 162 Å². The summed E-state index contributed by atoms with van der Waals surface area (Å²) in [5.74, 6) is 1.74. The minimum absolute atomic E-state index is 0.547. The first-order valence-electron chi connectivity index (χ1n) is 18.7. The van der Waals surface area contributed by atoms with Crippen molar-refractivity contribution in [2.75, 3.05) is 0 Å². The van der Waals surface area contributed by atoms with Gasteiger partial charge in [-0.2, -0.15) is 0 Å². The van der Waals surface area contributed by atoms with Crippen LogP contribution in [0.3, 0.4) is 0 Å². The maximum Gasteiger partial charge on any atom is 0.164 e. The largest absolute Gasteiger partial charge is 0.309 e. The molecule has 0 spiro atoms. The van der Waals surface area contributed by atoms with E-state index < -0.39 is 0 Å². The van der Waals surface area contributed by atoms with Gasteiger partial charge < -0.3 is 9.13 Å². The van der Waals surface area contributed by atoms with Gasteiger partial charge >= 0.3 is 0 Å². The molecule has 10 rings (SSSR count). The zero-order valence-electron chi connectivity index (χ0n) is 30.5. The number of rotatable bonds is 8. The van der Waals surface area contributed by atoms with E-state index in [1.165, 1.54) is 38.1 Å². The second-order valence-electron chi connectivity index (χ2n) is 13.8. The predicted octanol–water partition coefficient (Wildman–Crippen LogP) is 12.8. The average Bonchev–Trinajstić information content (AvgIpc) is 3.78. The molecule has 5 nitrogen and oxygen atoms in total. The van der Waals surface area contributed by atoms with Gasteiger partial charge in [0.05, 0.1) is 22.1 Å². The highest BCUT2D eigenvalue weighted by molar-refractivity contribution is 6.12. The first-order valence-corrected chi connectivity index (χ1v) is 18.7. The van der Waals surface area contributed by atoms with Crippen LogP contribution < -0.4 is 0 Å². The third-order valence-electron chi connectivity index (χ3n) is 10.5. The topological polar surface area (TPSA) is 48.5 Å². The van der Waals surface area contributed by atoms with Crippen molar-refractivity contribution in [2.24, 2.45) is 0 Å². The Hall–Kier alpha value is -7.63. The third-order valence-corrected chi connectivity index (χ3v) is 10.5. The van der Waals surface area contributed by atoms with Crippen LogP contribution in [-0.4, -0.2) is 24.1 Å². The zero-order valence-corrected chi connectivity index (χ0v) is 30.5. The molecule has 0 radical (unpaired) electrons. The van der Waals surface area contributed by atoms with Crippen LogP contribution in [0.15, 0.2) is 201 Å². The van der Waals surface area contributed by atoms with Gasteiger partial charge in [-0.25, -0.2) is 15.0 Å². The lowest BCUT2D eigenvalue weighted by Gasteiger charge is -2.11. The van der Waals surface area contributed by atoms with Crippen molar-refractivity contribution in [2.45, 2.75) is 0 Å². The summed E-state index contributed by atoms with van der Waals surface area (Å²) in [6, 6.07) is 60.0. The predicted molar refractivity (Wildman–Crippen MR) is 233 cm³/mol. The fraction of sp³-hybridized carbons (Fsp3) is 0. The first kappa shape index (κ1) is 33.0. The molecular weight excluding hydrogens is 683 g/mol. The van der Waals surface area contributed by atoms with E-state index in [9.17, 15) is 0 Å². The molecule has 0 saturated heterocycles. The van der Waals surface area contributed by atoms with Gasteiger partial charge in [0.2, 0.25) is 0 Å². The van der Waals surface area contributed by atoms with Crippen molar-refractivity contribution in [3.8, 4) is 45.3 Å². The summed E-state index contributed by atoms with van der Waals surface area (Å²) in [5.41, 5.74) is 11.8. The van der Waals surface area contributed by atoms with Crippen LogP contribution >= 0.6 is 0 Å². The number of hydrogen-bond donors (Lipinski definition) is 0. The van der Waals surface area contributed by atoms with E-state index in [0.29, 0.717) is 17.5 Å².